The van der Waals surface area contributed by atoms with Crippen LogP contribution >= 0.6 is 0 Å². The molecule has 0 atom stereocenters. The number of imidazole rings is 1. The normalized spacial score (nSPS) is 10.9. The van der Waals surface area contributed by atoms with Gasteiger partial charge < -0.3 is 14.8 Å². The summed E-state index contributed by atoms with van der Waals surface area (Å²) in [6.07, 6.45) is 5.22. The highest BCUT2D eigenvalue weighted by atomic mass is 19.2. The summed E-state index contributed by atoms with van der Waals surface area (Å²) in [7, 11) is 2.61. The number of hydrogen-bond donors (Lipinski definition) is 1. The van der Waals surface area contributed by atoms with E-state index in [2.05, 4.69) is 15.3 Å². The molecule has 7 nitrogen and oxygen atoms in total. The van der Waals surface area contributed by atoms with Gasteiger partial charge >= 0.3 is 5.97 Å². The van der Waals surface area contributed by atoms with E-state index in [0.717, 1.165) is 5.56 Å². The highest BCUT2D eigenvalue weighted by Crippen LogP contribution is 2.31. The first-order chi connectivity index (χ1) is 15.5. The first-order valence-corrected chi connectivity index (χ1v) is 9.81. The number of esters is 1. The van der Waals surface area contributed by atoms with Crippen molar-refractivity contribution in [1.29, 1.82) is 0 Å². The molecule has 0 saturated heterocycles. The van der Waals surface area contributed by atoms with E-state index in [0.29, 0.717) is 34.8 Å². The van der Waals surface area contributed by atoms with Crippen LogP contribution in [0.3, 0.4) is 0 Å². The van der Waals surface area contributed by atoms with Crippen molar-refractivity contribution < 1.29 is 23.0 Å². The largest absolute Gasteiger partial charge is 0.494 e. The molecule has 0 aliphatic heterocycles. The van der Waals surface area contributed by atoms with Gasteiger partial charge in [-0.2, -0.15) is 4.39 Å². The highest BCUT2D eigenvalue weighted by Gasteiger charge is 2.19. The molecule has 9 heteroatoms. The molecular formula is C23H20F2N4O3. The number of aryl methyl sites for hydroxylation is 1. The zero-order valence-corrected chi connectivity index (χ0v) is 17.6. The van der Waals surface area contributed by atoms with E-state index in [1.807, 2.05) is 13.0 Å². The molecule has 0 spiro atoms. The van der Waals surface area contributed by atoms with Gasteiger partial charge in [-0.25, -0.2) is 19.2 Å². The molecule has 2 heterocycles. The lowest BCUT2D eigenvalue weighted by molar-refractivity contribution is 0.0599. The molecule has 2 aromatic carbocycles. The van der Waals surface area contributed by atoms with E-state index in [4.69, 9.17) is 9.47 Å². The third-order valence-electron chi connectivity index (χ3n) is 5.12. The number of carbonyl (C=O) groups excluding carboxylic acids is 1. The fourth-order valence-electron chi connectivity index (χ4n) is 3.50. The number of benzene rings is 2. The summed E-state index contributed by atoms with van der Waals surface area (Å²) >= 11 is 0. The average molecular weight is 438 g/mol. The first kappa shape index (κ1) is 21.2. The highest BCUT2D eigenvalue weighted by molar-refractivity contribution is 5.92. The maximum absolute atomic E-state index is 14.6. The zero-order valence-electron chi connectivity index (χ0n) is 17.6. The number of nitrogens with one attached hydrogen (secondary N) is 1. The molecule has 0 unspecified atom stereocenters. The predicted molar refractivity (Wildman–Crippen MR) is 115 cm³/mol. The first-order valence-electron chi connectivity index (χ1n) is 9.81. The van der Waals surface area contributed by atoms with Crippen LogP contribution in [0.5, 0.6) is 5.75 Å². The third kappa shape index (κ3) is 3.62. The van der Waals surface area contributed by atoms with Gasteiger partial charge in [-0.3, -0.25) is 4.40 Å². The van der Waals surface area contributed by atoms with E-state index in [-0.39, 0.29) is 11.3 Å². The van der Waals surface area contributed by atoms with Crippen LogP contribution in [0.25, 0.3) is 16.9 Å². The summed E-state index contributed by atoms with van der Waals surface area (Å²) in [5.41, 5.74) is 2.83. The number of nitrogens with zero attached hydrogens (tertiary/aromatic N) is 3. The quantitative estimate of drug-likeness (QED) is 0.437. The molecule has 4 rings (SSSR count). The summed E-state index contributed by atoms with van der Waals surface area (Å²) < 4.78 is 40.1. The van der Waals surface area contributed by atoms with Crippen LogP contribution in [-0.4, -0.2) is 34.6 Å². The van der Waals surface area contributed by atoms with Crippen molar-refractivity contribution in [2.45, 2.75) is 13.3 Å². The Hall–Kier alpha value is -4.01. The lowest BCUT2D eigenvalue weighted by Gasteiger charge is -2.12. The minimum atomic E-state index is -1.06. The van der Waals surface area contributed by atoms with E-state index >= 15 is 0 Å². The zero-order chi connectivity index (χ0) is 22.8. The predicted octanol–water partition coefficient (Wildman–Crippen LogP) is 4.78. The molecule has 164 valence electrons. The van der Waals surface area contributed by atoms with Crippen molar-refractivity contribution in [2.24, 2.45) is 0 Å². The van der Waals surface area contributed by atoms with Gasteiger partial charge in [0.25, 0.3) is 0 Å². The molecule has 32 heavy (non-hydrogen) atoms. The number of methoxy groups -OCH3 is 2. The minimum Gasteiger partial charge on any atom is -0.494 e. The molecule has 0 amide bonds. The Labute approximate surface area is 182 Å². The number of halogens is 2. The van der Waals surface area contributed by atoms with Crippen molar-refractivity contribution in [1.82, 2.24) is 14.4 Å². The lowest BCUT2D eigenvalue weighted by Crippen LogP contribution is -2.06. The smallest absolute Gasteiger partial charge is 0.338 e. The van der Waals surface area contributed by atoms with Gasteiger partial charge in [-0.1, -0.05) is 6.92 Å². The van der Waals surface area contributed by atoms with Gasteiger partial charge in [0.1, 0.15) is 0 Å². The Kier molecular flexibility index (Phi) is 5.72. The second-order valence-electron chi connectivity index (χ2n) is 6.90. The van der Waals surface area contributed by atoms with Gasteiger partial charge in [0.2, 0.25) is 5.82 Å². The number of anilines is 2. The number of rotatable bonds is 6. The monoisotopic (exact) mass is 438 g/mol. The molecule has 0 saturated carbocycles. The second kappa shape index (κ2) is 8.62. The molecule has 0 aliphatic carbocycles. The number of carbonyl (C=O) groups is 1. The van der Waals surface area contributed by atoms with Crippen molar-refractivity contribution >= 4 is 23.1 Å². The Balaban J connectivity index is 1.74. The Morgan fingerprint density at radius 2 is 1.94 bits per heavy atom. The molecule has 0 fully saturated rings. The summed E-state index contributed by atoms with van der Waals surface area (Å²) in [6, 6.07) is 8.05. The van der Waals surface area contributed by atoms with E-state index < -0.39 is 17.6 Å². The number of ether oxygens (including phenoxy) is 2. The standard InChI is InChI=1S/C23H20F2N4O3/c1-4-13-11-14(5-6-15(13)23(30)32-3)28-21-22-27-12-17(29(22)10-9-26-21)16-7-8-18(31-2)20(25)19(16)24/h5-12H,4H2,1-3H3,(H,26,28). The number of aromatic nitrogens is 3. The Morgan fingerprint density at radius 3 is 2.66 bits per heavy atom. The van der Waals surface area contributed by atoms with Gasteiger partial charge in [-0.05, 0) is 42.3 Å². The van der Waals surface area contributed by atoms with E-state index in [9.17, 15) is 13.6 Å². The van der Waals surface area contributed by atoms with Gasteiger partial charge in [-0.15, -0.1) is 0 Å². The molecule has 2 aromatic heterocycles. The maximum Gasteiger partial charge on any atom is 0.338 e. The lowest BCUT2D eigenvalue weighted by atomic mass is 10.0. The Morgan fingerprint density at radius 1 is 1.12 bits per heavy atom. The van der Waals surface area contributed by atoms with E-state index in [1.165, 1.54) is 38.7 Å². The fraction of sp³-hybridized carbons (Fsp3) is 0.174. The number of hydrogen-bond acceptors (Lipinski definition) is 6. The SMILES string of the molecule is CCc1cc(Nc2nccn3c(-c4ccc(OC)c(F)c4F)cnc23)ccc1C(=O)OC. The number of fused-ring (bicyclic) bond motifs is 1. The van der Waals surface area contributed by atoms with Crippen LogP contribution in [0, 0.1) is 11.6 Å². The molecule has 0 radical (unpaired) electrons. The van der Waals surface area contributed by atoms with Crippen molar-refractivity contribution in [3.8, 4) is 17.0 Å². The van der Waals surface area contributed by atoms with Gasteiger partial charge in [0, 0.05) is 23.6 Å². The molecule has 0 aliphatic rings. The molecular weight excluding hydrogens is 418 g/mol. The molecule has 4 aromatic rings. The Bertz CT molecular complexity index is 1320. The van der Waals surface area contributed by atoms with Crippen molar-refractivity contribution in [2.75, 3.05) is 19.5 Å². The minimum absolute atomic E-state index is 0.0450. The van der Waals surface area contributed by atoms with Crippen molar-refractivity contribution in [3.63, 3.8) is 0 Å². The summed E-state index contributed by atoms with van der Waals surface area (Å²) in [5.74, 6) is -2.25. The molecule has 1 N–H and O–H groups in total. The molecule has 0 bridgehead atoms. The van der Waals surface area contributed by atoms with Crippen LogP contribution in [0.1, 0.15) is 22.8 Å². The van der Waals surface area contributed by atoms with Crippen LogP contribution in [0.4, 0.5) is 20.3 Å². The maximum atomic E-state index is 14.6. The van der Waals surface area contributed by atoms with Crippen LogP contribution in [-0.2, 0) is 11.2 Å². The van der Waals surface area contributed by atoms with Crippen molar-refractivity contribution in [3.05, 3.63) is 71.7 Å². The summed E-state index contributed by atoms with van der Waals surface area (Å²) in [5, 5.41) is 3.18. The topological polar surface area (TPSA) is 77.8 Å². The third-order valence-corrected chi connectivity index (χ3v) is 5.12. The van der Waals surface area contributed by atoms with Crippen LogP contribution in [0.2, 0.25) is 0 Å². The van der Waals surface area contributed by atoms with Crippen LogP contribution in [0.15, 0.2) is 48.9 Å². The summed E-state index contributed by atoms with van der Waals surface area (Å²) in [4.78, 5) is 20.6. The van der Waals surface area contributed by atoms with Gasteiger partial charge in [0.05, 0.1) is 31.7 Å². The fourth-order valence-corrected chi connectivity index (χ4v) is 3.50. The summed E-state index contributed by atoms with van der Waals surface area (Å²) in [6.45, 7) is 1.94. The van der Waals surface area contributed by atoms with Crippen LogP contribution < -0.4 is 10.1 Å². The van der Waals surface area contributed by atoms with E-state index in [1.54, 1.807) is 22.7 Å². The second-order valence-corrected chi connectivity index (χ2v) is 6.90. The van der Waals surface area contributed by atoms with Gasteiger partial charge in [0.15, 0.2) is 23.0 Å². The average Bonchev–Trinajstić information content (AvgIpc) is 3.25.